The Kier molecular flexibility index (Phi) is 3.80. The van der Waals surface area contributed by atoms with Gasteiger partial charge in [0.15, 0.2) is 9.84 Å². The molecule has 0 radical (unpaired) electrons. The van der Waals surface area contributed by atoms with Crippen molar-refractivity contribution in [3.8, 4) is 0 Å². The van der Waals surface area contributed by atoms with E-state index in [0.29, 0.717) is 32.0 Å². The van der Waals surface area contributed by atoms with E-state index < -0.39 is 21.6 Å². The Morgan fingerprint density at radius 1 is 1.18 bits per heavy atom. The van der Waals surface area contributed by atoms with Gasteiger partial charge in [0.2, 0.25) is 0 Å². The first-order chi connectivity index (χ1) is 10.2. The third-order valence-corrected chi connectivity index (χ3v) is 5.84. The molecule has 0 saturated carbocycles. The molecule has 122 valence electrons. The van der Waals surface area contributed by atoms with Gasteiger partial charge in [-0.3, -0.25) is 4.90 Å². The third kappa shape index (κ3) is 3.19. The van der Waals surface area contributed by atoms with Crippen LogP contribution in [-0.4, -0.2) is 62.0 Å². The van der Waals surface area contributed by atoms with Gasteiger partial charge in [-0.2, -0.15) is 13.2 Å². The van der Waals surface area contributed by atoms with Gasteiger partial charge in [0, 0.05) is 38.4 Å². The van der Waals surface area contributed by atoms with Crippen molar-refractivity contribution in [1.82, 2.24) is 9.88 Å². The van der Waals surface area contributed by atoms with E-state index >= 15 is 0 Å². The highest BCUT2D eigenvalue weighted by molar-refractivity contribution is 7.91. The summed E-state index contributed by atoms with van der Waals surface area (Å²) in [7, 11) is -3.02. The molecule has 1 aromatic heterocycles. The first-order valence-electron chi connectivity index (χ1n) is 6.97. The fourth-order valence-corrected chi connectivity index (χ4v) is 4.51. The lowest BCUT2D eigenvalue weighted by atomic mass is 10.2. The molecule has 5 nitrogen and oxygen atoms in total. The number of hydrogen-bond acceptors (Lipinski definition) is 5. The van der Waals surface area contributed by atoms with Crippen LogP contribution in [0.15, 0.2) is 18.3 Å². The number of alkyl halides is 3. The van der Waals surface area contributed by atoms with Crippen molar-refractivity contribution in [2.75, 3.05) is 42.6 Å². The lowest BCUT2D eigenvalue weighted by molar-refractivity contribution is -0.137. The predicted octanol–water partition coefficient (Wildman–Crippen LogP) is 1.02. The molecule has 2 saturated heterocycles. The highest BCUT2D eigenvalue weighted by Crippen LogP contribution is 2.30. The molecular formula is C13H16F3N3O2S. The topological polar surface area (TPSA) is 53.5 Å². The van der Waals surface area contributed by atoms with Crippen LogP contribution in [0.4, 0.5) is 19.0 Å². The summed E-state index contributed by atoms with van der Waals surface area (Å²) in [6, 6.07) is 2.24. The molecular weight excluding hydrogens is 319 g/mol. The summed E-state index contributed by atoms with van der Waals surface area (Å²) in [6.07, 6.45) is -3.58. The smallest absolute Gasteiger partial charge is 0.354 e. The van der Waals surface area contributed by atoms with Crippen molar-refractivity contribution in [2.24, 2.45) is 0 Å². The lowest BCUT2D eigenvalue weighted by Gasteiger charge is -2.44. The number of rotatable bonds is 1. The summed E-state index contributed by atoms with van der Waals surface area (Å²) in [4.78, 5) is 7.86. The second-order valence-corrected chi connectivity index (χ2v) is 7.88. The molecule has 1 atom stereocenters. The van der Waals surface area contributed by atoms with E-state index in [-0.39, 0.29) is 17.5 Å². The van der Waals surface area contributed by atoms with E-state index in [1.807, 2.05) is 4.90 Å². The fourth-order valence-electron chi connectivity index (χ4n) is 2.93. The van der Waals surface area contributed by atoms with E-state index in [1.54, 1.807) is 0 Å². The minimum atomic E-state index is -4.40. The van der Waals surface area contributed by atoms with Gasteiger partial charge in [-0.1, -0.05) is 0 Å². The van der Waals surface area contributed by atoms with Crippen LogP contribution in [0.3, 0.4) is 0 Å². The largest absolute Gasteiger partial charge is 0.417 e. The minimum absolute atomic E-state index is 0.101. The zero-order chi connectivity index (χ0) is 16.0. The number of anilines is 1. The Labute approximate surface area is 126 Å². The SMILES string of the molecule is O=S1(=O)CCN2CCN(c3ccc(C(F)(F)F)cn3)CC2C1. The molecule has 1 aromatic rings. The first-order valence-corrected chi connectivity index (χ1v) is 8.79. The molecule has 9 heteroatoms. The molecule has 0 aliphatic carbocycles. The summed E-state index contributed by atoms with van der Waals surface area (Å²) < 4.78 is 61.1. The summed E-state index contributed by atoms with van der Waals surface area (Å²) in [5, 5.41) is 0. The molecule has 2 aliphatic rings. The van der Waals surface area contributed by atoms with Crippen molar-refractivity contribution in [1.29, 1.82) is 0 Å². The monoisotopic (exact) mass is 335 g/mol. The van der Waals surface area contributed by atoms with Gasteiger partial charge < -0.3 is 4.90 Å². The maximum absolute atomic E-state index is 12.5. The Balaban J connectivity index is 1.73. The maximum Gasteiger partial charge on any atom is 0.417 e. The Morgan fingerprint density at radius 2 is 1.95 bits per heavy atom. The fraction of sp³-hybridized carbons (Fsp3) is 0.615. The van der Waals surface area contributed by atoms with Crippen molar-refractivity contribution in [3.63, 3.8) is 0 Å². The zero-order valence-electron chi connectivity index (χ0n) is 11.8. The van der Waals surface area contributed by atoms with Crippen LogP contribution in [0, 0.1) is 0 Å². The van der Waals surface area contributed by atoms with Crippen molar-refractivity contribution in [2.45, 2.75) is 12.2 Å². The van der Waals surface area contributed by atoms with Gasteiger partial charge in [-0.25, -0.2) is 13.4 Å². The highest BCUT2D eigenvalue weighted by Gasteiger charge is 2.36. The molecule has 2 fully saturated rings. The molecule has 0 spiro atoms. The third-order valence-electron chi connectivity index (χ3n) is 4.14. The van der Waals surface area contributed by atoms with Gasteiger partial charge in [-0.15, -0.1) is 0 Å². The minimum Gasteiger partial charge on any atom is -0.354 e. The highest BCUT2D eigenvalue weighted by atomic mass is 32.2. The quantitative estimate of drug-likeness (QED) is 0.767. The van der Waals surface area contributed by atoms with Gasteiger partial charge in [0.1, 0.15) is 5.82 Å². The number of hydrogen-bond donors (Lipinski definition) is 0. The van der Waals surface area contributed by atoms with Crippen molar-refractivity contribution < 1.29 is 21.6 Å². The molecule has 2 aliphatic heterocycles. The first kappa shape index (κ1) is 15.5. The summed E-state index contributed by atoms with van der Waals surface area (Å²) in [5.41, 5.74) is -0.782. The van der Waals surface area contributed by atoms with E-state index in [0.717, 1.165) is 12.3 Å². The van der Waals surface area contributed by atoms with E-state index in [2.05, 4.69) is 9.88 Å². The van der Waals surface area contributed by atoms with E-state index in [1.165, 1.54) is 6.07 Å². The van der Waals surface area contributed by atoms with Crippen LogP contribution >= 0.6 is 0 Å². The lowest BCUT2D eigenvalue weighted by Crippen LogP contribution is -2.59. The second kappa shape index (κ2) is 5.38. The average molecular weight is 335 g/mol. The van der Waals surface area contributed by atoms with Gasteiger partial charge in [0.25, 0.3) is 0 Å². The normalized spacial score (nSPS) is 25.8. The molecule has 0 bridgehead atoms. The Bertz CT molecular complexity index is 645. The predicted molar refractivity (Wildman–Crippen MR) is 75.5 cm³/mol. The van der Waals surface area contributed by atoms with Crippen molar-refractivity contribution in [3.05, 3.63) is 23.9 Å². The van der Waals surface area contributed by atoms with Gasteiger partial charge in [0.05, 0.1) is 17.1 Å². The number of sulfone groups is 1. The van der Waals surface area contributed by atoms with Crippen LogP contribution in [0.2, 0.25) is 0 Å². The number of aromatic nitrogens is 1. The van der Waals surface area contributed by atoms with Crippen LogP contribution in [0.5, 0.6) is 0 Å². The average Bonchev–Trinajstić information content (AvgIpc) is 2.45. The summed E-state index contributed by atoms with van der Waals surface area (Å²) in [6.45, 7) is 2.33. The van der Waals surface area contributed by atoms with Gasteiger partial charge >= 0.3 is 6.18 Å². The number of fused-ring (bicyclic) bond motifs is 1. The number of pyridine rings is 1. The summed E-state index contributed by atoms with van der Waals surface area (Å²) in [5.74, 6) is 0.738. The maximum atomic E-state index is 12.5. The number of halogens is 3. The molecule has 22 heavy (non-hydrogen) atoms. The van der Waals surface area contributed by atoms with Crippen LogP contribution < -0.4 is 4.90 Å². The molecule has 0 aromatic carbocycles. The zero-order valence-corrected chi connectivity index (χ0v) is 12.6. The molecule has 1 unspecified atom stereocenters. The molecule has 0 N–H and O–H groups in total. The van der Waals surface area contributed by atoms with Crippen LogP contribution in [0.1, 0.15) is 5.56 Å². The molecule has 0 amide bonds. The summed E-state index contributed by atoms with van der Waals surface area (Å²) >= 11 is 0. The number of nitrogens with zero attached hydrogens (tertiary/aromatic N) is 3. The molecule has 3 rings (SSSR count). The van der Waals surface area contributed by atoms with Crippen LogP contribution in [0.25, 0.3) is 0 Å². The van der Waals surface area contributed by atoms with Crippen molar-refractivity contribution >= 4 is 15.7 Å². The Morgan fingerprint density at radius 3 is 2.59 bits per heavy atom. The van der Waals surface area contributed by atoms with E-state index in [4.69, 9.17) is 0 Å². The Hall–Kier alpha value is -1.35. The number of piperazine rings is 1. The second-order valence-electron chi connectivity index (χ2n) is 5.65. The molecule has 3 heterocycles. The van der Waals surface area contributed by atoms with E-state index in [9.17, 15) is 21.6 Å². The standard InChI is InChI=1S/C13H16F3N3O2S/c14-13(15,16)10-1-2-12(17-7-10)19-4-3-18-5-6-22(20,21)9-11(18)8-19/h1-2,7,11H,3-6,8-9H2. The van der Waals surface area contributed by atoms with Gasteiger partial charge in [-0.05, 0) is 12.1 Å². The van der Waals surface area contributed by atoms with Crippen LogP contribution in [-0.2, 0) is 16.0 Å².